The summed E-state index contributed by atoms with van der Waals surface area (Å²) in [6.45, 7) is 6.14. The van der Waals surface area contributed by atoms with Crippen molar-refractivity contribution in [1.29, 1.82) is 0 Å². The Labute approximate surface area is 167 Å². The Hall–Kier alpha value is -2.65. The minimum atomic E-state index is -1.30. The number of anilines is 1. The van der Waals surface area contributed by atoms with E-state index in [4.69, 9.17) is 4.98 Å². The summed E-state index contributed by atoms with van der Waals surface area (Å²) in [5.74, 6) is 0. The highest BCUT2D eigenvalue weighted by atomic mass is 16.3. The van der Waals surface area contributed by atoms with Crippen LogP contribution in [-0.2, 0) is 5.60 Å². The topological polar surface area (TPSA) is 36.4 Å². The van der Waals surface area contributed by atoms with Crippen molar-refractivity contribution in [3.05, 3.63) is 94.8 Å². The van der Waals surface area contributed by atoms with Gasteiger partial charge in [0, 0.05) is 19.3 Å². The fourth-order valence-corrected chi connectivity index (χ4v) is 4.25. The van der Waals surface area contributed by atoms with Gasteiger partial charge >= 0.3 is 0 Å². The lowest BCUT2D eigenvalue weighted by molar-refractivity contribution is 0.121. The average molecular weight is 373 g/mol. The second-order valence-corrected chi connectivity index (χ2v) is 7.87. The first-order chi connectivity index (χ1) is 13.6. The Morgan fingerprint density at radius 1 is 0.821 bits per heavy atom. The van der Waals surface area contributed by atoms with E-state index in [1.165, 1.54) is 19.3 Å². The van der Waals surface area contributed by atoms with Crippen LogP contribution in [0.25, 0.3) is 0 Å². The normalized spacial score (nSPS) is 14.9. The fraction of sp³-hybridized carbons (Fsp3) is 0.320. The van der Waals surface area contributed by atoms with Gasteiger partial charge in [-0.3, -0.25) is 4.98 Å². The summed E-state index contributed by atoms with van der Waals surface area (Å²) in [6, 6.07) is 20.4. The Balaban J connectivity index is 1.95. The number of hydrogen-bond acceptors (Lipinski definition) is 3. The molecule has 0 saturated carbocycles. The molecule has 3 heteroatoms. The standard InChI is InChI=1S/C25H28N2O/c1-19-9-6-11-21(17-19)25(28,22-12-7-10-20(2)18-22)24-23(13-8-14-26-24)27-15-4-3-5-16-27/h6-14,17-18,28H,3-5,15-16H2,1-2H3. The van der Waals surface area contributed by atoms with Gasteiger partial charge in [-0.05, 0) is 56.4 Å². The van der Waals surface area contributed by atoms with Crippen molar-refractivity contribution in [2.75, 3.05) is 18.0 Å². The van der Waals surface area contributed by atoms with Gasteiger partial charge in [0.15, 0.2) is 5.60 Å². The van der Waals surface area contributed by atoms with Crippen LogP contribution >= 0.6 is 0 Å². The molecular formula is C25H28N2O. The second kappa shape index (κ2) is 7.76. The van der Waals surface area contributed by atoms with E-state index in [9.17, 15) is 5.11 Å². The Kier molecular flexibility index (Phi) is 5.19. The molecule has 0 bridgehead atoms. The molecule has 1 aromatic heterocycles. The number of benzene rings is 2. The first-order valence-corrected chi connectivity index (χ1v) is 10.2. The Bertz CT molecular complexity index is 915. The molecule has 0 radical (unpaired) electrons. The number of aliphatic hydroxyl groups is 1. The quantitative estimate of drug-likeness (QED) is 0.702. The number of piperidine rings is 1. The molecule has 0 aliphatic carbocycles. The van der Waals surface area contributed by atoms with Crippen LogP contribution in [0.5, 0.6) is 0 Å². The molecule has 144 valence electrons. The average Bonchev–Trinajstić information content (AvgIpc) is 2.74. The molecule has 0 atom stereocenters. The van der Waals surface area contributed by atoms with Gasteiger partial charge in [0.2, 0.25) is 0 Å². The highest BCUT2D eigenvalue weighted by molar-refractivity contribution is 5.60. The Morgan fingerprint density at radius 3 is 2.00 bits per heavy atom. The van der Waals surface area contributed by atoms with E-state index in [1.807, 2.05) is 30.3 Å². The van der Waals surface area contributed by atoms with Crippen LogP contribution in [0.3, 0.4) is 0 Å². The molecule has 1 saturated heterocycles. The van der Waals surface area contributed by atoms with Crippen LogP contribution in [0.1, 0.15) is 47.2 Å². The van der Waals surface area contributed by atoms with E-state index in [0.717, 1.165) is 41.0 Å². The molecule has 1 aliphatic heterocycles. The molecule has 0 unspecified atom stereocenters. The SMILES string of the molecule is Cc1cccc(C(O)(c2cccc(C)c2)c2ncccc2N2CCCCC2)c1. The summed E-state index contributed by atoms with van der Waals surface area (Å²) in [5.41, 5.74) is 4.41. The van der Waals surface area contributed by atoms with Crippen LogP contribution < -0.4 is 4.90 Å². The van der Waals surface area contributed by atoms with Gasteiger partial charge in [-0.15, -0.1) is 0 Å². The van der Waals surface area contributed by atoms with E-state index in [1.54, 1.807) is 6.20 Å². The minimum Gasteiger partial charge on any atom is -0.374 e. The van der Waals surface area contributed by atoms with Gasteiger partial charge < -0.3 is 10.0 Å². The van der Waals surface area contributed by atoms with Crippen molar-refractivity contribution in [3.63, 3.8) is 0 Å². The predicted molar refractivity (Wildman–Crippen MR) is 115 cm³/mol. The number of hydrogen-bond donors (Lipinski definition) is 1. The van der Waals surface area contributed by atoms with Gasteiger partial charge in [0.25, 0.3) is 0 Å². The number of aryl methyl sites for hydroxylation is 2. The summed E-state index contributed by atoms with van der Waals surface area (Å²) in [5, 5.41) is 12.3. The zero-order chi connectivity index (χ0) is 19.6. The first kappa shape index (κ1) is 18.7. The lowest BCUT2D eigenvalue weighted by atomic mass is 9.81. The third kappa shape index (κ3) is 3.43. The summed E-state index contributed by atoms with van der Waals surface area (Å²) < 4.78 is 0. The largest absolute Gasteiger partial charge is 0.374 e. The number of aromatic nitrogens is 1. The van der Waals surface area contributed by atoms with Crippen LogP contribution in [0.4, 0.5) is 5.69 Å². The molecule has 4 rings (SSSR count). The fourth-order valence-electron chi connectivity index (χ4n) is 4.25. The lowest BCUT2D eigenvalue weighted by Gasteiger charge is -2.36. The summed E-state index contributed by atoms with van der Waals surface area (Å²) >= 11 is 0. The molecule has 1 aliphatic rings. The van der Waals surface area contributed by atoms with Crippen LogP contribution in [0.15, 0.2) is 66.9 Å². The van der Waals surface area contributed by atoms with Gasteiger partial charge in [-0.25, -0.2) is 0 Å². The summed E-state index contributed by atoms with van der Waals surface area (Å²) in [4.78, 5) is 7.12. The van der Waals surface area contributed by atoms with Crippen molar-refractivity contribution in [2.45, 2.75) is 38.7 Å². The summed E-state index contributed by atoms with van der Waals surface area (Å²) in [7, 11) is 0. The smallest absolute Gasteiger partial charge is 0.159 e. The molecule has 0 spiro atoms. The maximum Gasteiger partial charge on any atom is 0.159 e. The second-order valence-electron chi connectivity index (χ2n) is 7.87. The van der Waals surface area contributed by atoms with E-state index in [-0.39, 0.29) is 0 Å². The highest BCUT2D eigenvalue weighted by Crippen LogP contribution is 2.41. The molecule has 2 aromatic carbocycles. The minimum absolute atomic E-state index is 0.716. The zero-order valence-corrected chi connectivity index (χ0v) is 16.7. The van der Waals surface area contributed by atoms with E-state index in [0.29, 0.717) is 5.69 Å². The van der Waals surface area contributed by atoms with Crippen LogP contribution in [0, 0.1) is 13.8 Å². The van der Waals surface area contributed by atoms with Crippen LogP contribution in [-0.4, -0.2) is 23.2 Å². The Morgan fingerprint density at radius 2 is 1.43 bits per heavy atom. The van der Waals surface area contributed by atoms with Crippen molar-refractivity contribution in [3.8, 4) is 0 Å². The van der Waals surface area contributed by atoms with Crippen molar-refractivity contribution >= 4 is 5.69 Å². The maximum atomic E-state index is 12.3. The maximum absolute atomic E-state index is 12.3. The molecular weight excluding hydrogens is 344 g/mol. The van der Waals surface area contributed by atoms with Crippen molar-refractivity contribution in [2.24, 2.45) is 0 Å². The molecule has 28 heavy (non-hydrogen) atoms. The molecule has 3 aromatic rings. The number of nitrogens with zero attached hydrogens (tertiary/aromatic N) is 2. The van der Waals surface area contributed by atoms with Gasteiger partial charge in [-0.2, -0.15) is 0 Å². The van der Waals surface area contributed by atoms with E-state index in [2.05, 4.69) is 49.1 Å². The van der Waals surface area contributed by atoms with Gasteiger partial charge in [-0.1, -0.05) is 59.7 Å². The number of rotatable bonds is 4. The van der Waals surface area contributed by atoms with Crippen molar-refractivity contribution < 1.29 is 5.11 Å². The predicted octanol–water partition coefficient (Wildman–Crippen LogP) is 4.97. The molecule has 1 N–H and O–H groups in total. The highest BCUT2D eigenvalue weighted by Gasteiger charge is 2.38. The first-order valence-electron chi connectivity index (χ1n) is 10.2. The number of pyridine rings is 1. The van der Waals surface area contributed by atoms with Crippen molar-refractivity contribution in [1.82, 2.24) is 4.98 Å². The summed E-state index contributed by atoms with van der Waals surface area (Å²) in [6.07, 6.45) is 5.43. The van der Waals surface area contributed by atoms with Crippen LogP contribution in [0.2, 0.25) is 0 Å². The lowest BCUT2D eigenvalue weighted by Crippen LogP contribution is -2.36. The van der Waals surface area contributed by atoms with Gasteiger partial charge in [0.1, 0.15) is 5.69 Å². The molecule has 2 heterocycles. The monoisotopic (exact) mass is 372 g/mol. The van der Waals surface area contributed by atoms with Gasteiger partial charge in [0.05, 0.1) is 5.69 Å². The third-order valence-electron chi connectivity index (χ3n) is 5.70. The van der Waals surface area contributed by atoms with E-state index >= 15 is 0 Å². The van der Waals surface area contributed by atoms with E-state index < -0.39 is 5.60 Å². The molecule has 0 amide bonds. The third-order valence-corrected chi connectivity index (χ3v) is 5.70. The molecule has 1 fully saturated rings. The zero-order valence-electron chi connectivity index (χ0n) is 16.7. The molecule has 3 nitrogen and oxygen atoms in total.